The van der Waals surface area contributed by atoms with Crippen LogP contribution in [0, 0.1) is 13.8 Å². The molecule has 4 aromatic carbocycles. The zero-order valence-corrected chi connectivity index (χ0v) is 30.4. The van der Waals surface area contributed by atoms with Gasteiger partial charge in [0.1, 0.15) is 26.4 Å². The maximum absolute atomic E-state index is 13.2. The fraction of sp³-hybridized carbons (Fsp3) is 0.263. The Morgan fingerprint density at radius 1 is 0.408 bits per heavy atom. The molecular formula is C38H38N2O8Sn. The Kier molecular flexibility index (Phi) is 13.6. The summed E-state index contributed by atoms with van der Waals surface area (Å²) in [6, 6.07) is 28.3. The van der Waals surface area contributed by atoms with Crippen molar-refractivity contribution in [1.29, 1.82) is 0 Å². The third-order valence-electron chi connectivity index (χ3n) is 7.91. The average Bonchev–Trinajstić information content (AvgIpc) is 3.10. The minimum absolute atomic E-state index is 0. The van der Waals surface area contributed by atoms with Crippen molar-refractivity contribution >= 4 is 59.2 Å². The van der Waals surface area contributed by atoms with Crippen molar-refractivity contribution in [2.24, 2.45) is 0 Å². The van der Waals surface area contributed by atoms with E-state index in [1.807, 2.05) is 72.2 Å². The molecule has 0 fully saturated rings. The van der Waals surface area contributed by atoms with Crippen LogP contribution < -0.4 is 9.80 Å². The second-order valence-electron chi connectivity index (χ2n) is 11.3. The molecule has 0 unspecified atom stereocenters. The number of cyclic esters (lactones) is 4. The molecular weight excluding hydrogens is 731 g/mol. The SMILES string of the molecule is Cc1ccc(N2CCOC(=O)c3ccccc3C(=O)OCCN(c3ccc(C)cc3)CCOC(=O)c3ccccc3C(=O)OCC2)cc1.[Sn]. The quantitative estimate of drug-likeness (QED) is 0.152. The molecule has 0 spiro atoms. The summed E-state index contributed by atoms with van der Waals surface area (Å²) in [5, 5.41) is 0. The van der Waals surface area contributed by atoms with E-state index in [1.165, 1.54) is 24.3 Å². The van der Waals surface area contributed by atoms with Crippen molar-refractivity contribution in [1.82, 2.24) is 0 Å². The summed E-state index contributed by atoms with van der Waals surface area (Å²) >= 11 is 0. The van der Waals surface area contributed by atoms with Gasteiger partial charge in [0.25, 0.3) is 0 Å². The molecule has 4 radical (unpaired) electrons. The third kappa shape index (κ3) is 10.1. The first kappa shape index (κ1) is 37.0. The first-order valence-electron chi connectivity index (χ1n) is 15.8. The number of carbonyl (C=O) groups excluding carboxylic acids is 4. The first-order chi connectivity index (χ1) is 23.3. The largest absolute Gasteiger partial charge is 0.460 e. The minimum Gasteiger partial charge on any atom is -0.460 e. The maximum atomic E-state index is 13.2. The van der Waals surface area contributed by atoms with Crippen molar-refractivity contribution < 1.29 is 38.1 Å². The second-order valence-corrected chi connectivity index (χ2v) is 11.3. The van der Waals surface area contributed by atoms with Crippen LogP contribution in [-0.2, 0) is 18.9 Å². The average molecular weight is 769 g/mol. The molecule has 1 aliphatic heterocycles. The number of esters is 4. The number of nitrogens with zero attached hydrogens (tertiary/aromatic N) is 2. The Hall–Kier alpha value is -4.84. The van der Waals surface area contributed by atoms with Crippen molar-refractivity contribution in [3.8, 4) is 0 Å². The van der Waals surface area contributed by atoms with E-state index >= 15 is 0 Å². The zero-order chi connectivity index (χ0) is 33.9. The van der Waals surface area contributed by atoms with Crippen molar-refractivity contribution in [2.45, 2.75) is 13.8 Å². The standard InChI is InChI=1S/C38H38N2O8.Sn/c1-27-11-15-29(16-12-27)39-19-23-45-35(41)31-7-3-5-9-33(31)37(43)47-25-21-40(30-17-13-28(2)14-18-30)22-26-48-38(44)34-10-6-4-8-32(34)36(42)46-24-20-39;/h3-18H,19-26H2,1-2H3;. The summed E-state index contributed by atoms with van der Waals surface area (Å²) in [6.45, 7) is 5.13. The van der Waals surface area contributed by atoms with Crippen molar-refractivity contribution in [2.75, 3.05) is 62.4 Å². The van der Waals surface area contributed by atoms with Crippen LogP contribution in [0.15, 0.2) is 97.1 Å². The number of rotatable bonds is 2. The van der Waals surface area contributed by atoms with Gasteiger partial charge in [0.2, 0.25) is 0 Å². The van der Waals surface area contributed by atoms with Crippen LogP contribution in [0.25, 0.3) is 0 Å². The number of ether oxygens (including phenoxy) is 4. The van der Waals surface area contributed by atoms with Gasteiger partial charge in [-0.1, -0.05) is 59.7 Å². The molecule has 0 amide bonds. The Bertz CT molecular complexity index is 1530. The van der Waals surface area contributed by atoms with Crippen LogP contribution >= 0.6 is 0 Å². The van der Waals surface area contributed by atoms with Crippen molar-refractivity contribution in [3.63, 3.8) is 0 Å². The van der Waals surface area contributed by atoms with Crippen LogP contribution in [0.3, 0.4) is 0 Å². The summed E-state index contributed by atoms with van der Waals surface area (Å²) in [6.07, 6.45) is 0. The van der Waals surface area contributed by atoms with Gasteiger partial charge in [0.05, 0.1) is 48.4 Å². The first-order valence-corrected chi connectivity index (χ1v) is 15.8. The van der Waals surface area contributed by atoms with E-state index in [1.54, 1.807) is 24.3 Å². The molecule has 49 heavy (non-hydrogen) atoms. The van der Waals surface area contributed by atoms with E-state index in [2.05, 4.69) is 0 Å². The molecule has 0 N–H and O–H groups in total. The summed E-state index contributed by atoms with van der Waals surface area (Å²) in [7, 11) is 0. The van der Waals surface area contributed by atoms with Gasteiger partial charge in [-0.2, -0.15) is 0 Å². The monoisotopic (exact) mass is 770 g/mol. The van der Waals surface area contributed by atoms with Crippen LogP contribution in [0.1, 0.15) is 52.6 Å². The number of hydrogen-bond donors (Lipinski definition) is 0. The van der Waals surface area contributed by atoms with Crippen LogP contribution in [0.4, 0.5) is 11.4 Å². The molecule has 252 valence electrons. The summed E-state index contributed by atoms with van der Waals surface area (Å²) in [4.78, 5) is 56.5. The van der Waals surface area contributed by atoms with Gasteiger partial charge in [-0.15, -0.1) is 0 Å². The predicted octanol–water partition coefficient (Wildman–Crippen LogP) is 5.28. The smallest absolute Gasteiger partial charge is 0.339 e. The predicted molar refractivity (Wildman–Crippen MR) is 187 cm³/mol. The molecule has 0 atom stereocenters. The molecule has 0 aliphatic carbocycles. The number of carbonyl (C=O) groups is 4. The molecule has 0 bridgehead atoms. The Morgan fingerprint density at radius 2 is 0.653 bits per heavy atom. The Labute approximate surface area is 302 Å². The van der Waals surface area contributed by atoms with E-state index < -0.39 is 23.9 Å². The molecule has 1 aliphatic rings. The van der Waals surface area contributed by atoms with Crippen molar-refractivity contribution in [3.05, 3.63) is 130 Å². The van der Waals surface area contributed by atoms with Gasteiger partial charge < -0.3 is 28.7 Å². The summed E-state index contributed by atoms with van der Waals surface area (Å²) < 4.78 is 22.5. The van der Waals surface area contributed by atoms with E-state index in [9.17, 15) is 19.2 Å². The van der Waals surface area contributed by atoms with Crippen LogP contribution in [-0.4, -0.2) is 100 Å². The van der Waals surface area contributed by atoms with Gasteiger partial charge >= 0.3 is 23.9 Å². The van der Waals surface area contributed by atoms with Gasteiger partial charge in [0.15, 0.2) is 0 Å². The van der Waals surface area contributed by atoms with Gasteiger partial charge in [0, 0.05) is 35.3 Å². The molecule has 11 heteroatoms. The molecule has 0 aromatic heterocycles. The third-order valence-corrected chi connectivity index (χ3v) is 7.91. The summed E-state index contributed by atoms with van der Waals surface area (Å²) in [5.41, 5.74) is 4.23. The normalized spacial score (nSPS) is 15.5. The fourth-order valence-corrected chi connectivity index (χ4v) is 5.23. The molecule has 0 saturated heterocycles. The summed E-state index contributed by atoms with van der Waals surface area (Å²) in [5.74, 6) is -2.61. The molecule has 10 nitrogen and oxygen atoms in total. The number of benzene rings is 4. The van der Waals surface area contributed by atoms with E-state index in [-0.39, 0.29) is 98.8 Å². The van der Waals surface area contributed by atoms with E-state index in [0.29, 0.717) is 0 Å². The Morgan fingerprint density at radius 3 is 0.898 bits per heavy atom. The van der Waals surface area contributed by atoms with Crippen LogP contribution in [0.5, 0.6) is 0 Å². The number of fused-ring (bicyclic) bond motifs is 2. The minimum atomic E-state index is -0.653. The second kappa shape index (κ2) is 18.1. The molecule has 1 heterocycles. The van der Waals surface area contributed by atoms with Gasteiger partial charge in [-0.25, -0.2) is 19.2 Å². The number of hydrogen-bond acceptors (Lipinski definition) is 10. The maximum Gasteiger partial charge on any atom is 0.339 e. The topological polar surface area (TPSA) is 112 Å². The molecule has 4 aromatic rings. The fourth-order valence-electron chi connectivity index (χ4n) is 5.23. The molecule has 5 rings (SSSR count). The van der Waals surface area contributed by atoms with Gasteiger partial charge in [-0.05, 0) is 62.4 Å². The number of aryl methyl sites for hydroxylation is 2. The van der Waals surface area contributed by atoms with E-state index in [4.69, 9.17) is 18.9 Å². The van der Waals surface area contributed by atoms with Gasteiger partial charge in [-0.3, -0.25) is 0 Å². The zero-order valence-electron chi connectivity index (χ0n) is 27.6. The number of anilines is 2. The van der Waals surface area contributed by atoms with E-state index in [0.717, 1.165) is 22.5 Å². The van der Waals surface area contributed by atoms with Crippen LogP contribution in [0.2, 0.25) is 0 Å². The Balaban J connectivity index is 0.00000541. The molecule has 0 saturated carbocycles.